The van der Waals surface area contributed by atoms with E-state index in [9.17, 15) is 26.3 Å². The Morgan fingerprint density at radius 1 is 0.547 bits per heavy atom. The number of benzene rings is 3. The Labute approximate surface area is 309 Å². The summed E-state index contributed by atoms with van der Waals surface area (Å²) in [4.78, 5) is 0. The van der Waals surface area contributed by atoms with E-state index in [1.54, 1.807) is 16.7 Å². The summed E-state index contributed by atoms with van der Waals surface area (Å²) in [6, 6.07) is 14.9. The maximum atomic E-state index is 13.6. The van der Waals surface area contributed by atoms with Crippen molar-refractivity contribution in [1.82, 2.24) is 4.57 Å². The summed E-state index contributed by atoms with van der Waals surface area (Å²) >= 11 is 0. The summed E-state index contributed by atoms with van der Waals surface area (Å²) < 4.78 is 85.9. The molecule has 4 aliphatic rings. The highest BCUT2D eigenvalue weighted by Gasteiger charge is 2.40. The summed E-state index contributed by atoms with van der Waals surface area (Å²) in [6.45, 7) is 0. The summed E-state index contributed by atoms with van der Waals surface area (Å²) in [6.07, 6.45) is 16.1. The van der Waals surface area contributed by atoms with Crippen molar-refractivity contribution in [3.8, 4) is 0 Å². The maximum Gasteiger partial charge on any atom is 0.416 e. The molecule has 3 aromatic carbocycles. The fraction of sp³-hybridized carbons (Fsp3) is 0.533. The van der Waals surface area contributed by atoms with Gasteiger partial charge in [-0.1, -0.05) is 94.2 Å². The maximum absolute atomic E-state index is 13.6. The molecule has 0 saturated heterocycles. The fourth-order valence-corrected chi connectivity index (χ4v) is 10.3. The van der Waals surface area contributed by atoms with E-state index in [1.165, 1.54) is 126 Å². The predicted octanol–water partition coefficient (Wildman–Crippen LogP) is 13.1. The standard InChI is InChI=1S/C45H51F6N2/c46-44(47,48)36-20-16-33(17-21-36)43(34-18-22-37(23-19-34)45(49,50)51)52-28-38-24-25-41(53(38)29-52)42-39(31-12-6-2-7-13-31)26-35(30-10-4-1-5-11-30)27-40(42)32-14-8-3-9-15-32/h16-23,26-32,41,43H,1-15,24-25H2/q+1. The predicted molar refractivity (Wildman–Crippen MR) is 195 cm³/mol. The number of hydrogen-bond acceptors (Lipinski definition) is 0. The molecule has 0 N–H and O–H groups in total. The van der Waals surface area contributed by atoms with Gasteiger partial charge in [0, 0.05) is 29.5 Å². The molecule has 8 rings (SSSR count). The lowest BCUT2D eigenvalue weighted by Gasteiger charge is -2.34. The van der Waals surface area contributed by atoms with Crippen LogP contribution in [0.5, 0.6) is 0 Å². The van der Waals surface area contributed by atoms with Gasteiger partial charge in [0.25, 0.3) is 0 Å². The third kappa shape index (κ3) is 7.58. The molecule has 53 heavy (non-hydrogen) atoms. The van der Waals surface area contributed by atoms with E-state index in [1.807, 2.05) is 4.57 Å². The normalized spacial score (nSPS) is 21.0. The zero-order valence-corrected chi connectivity index (χ0v) is 30.5. The van der Waals surface area contributed by atoms with E-state index < -0.39 is 29.5 Å². The first-order valence-electron chi connectivity index (χ1n) is 20.2. The topological polar surface area (TPSA) is 8.81 Å². The van der Waals surface area contributed by atoms with Crippen LogP contribution in [0.3, 0.4) is 0 Å². The van der Waals surface area contributed by atoms with Gasteiger partial charge >= 0.3 is 12.4 Å². The van der Waals surface area contributed by atoms with Crippen LogP contribution >= 0.6 is 0 Å². The third-order valence-corrected chi connectivity index (χ3v) is 13.1. The molecule has 2 nitrogen and oxygen atoms in total. The number of halogens is 6. The Hall–Kier alpha value is -3.55. The van der Waals surface area contributed by atoms with E-state index in [0.29, 0.717) is 28.9 Å². The second kappa shape index (κ2) is 14.9. The number of aromatic nitrogens is 2. The zero-order valence-electron chi connectivity index (χ0n) is 30.5. The summed E-state index contributed by atoms with van der Waals surface area (Å²) in [7, 11) is 0. The molecule has 4 aromatic rings. The number of hydrogen-bond donors (Lipinski definition) is 0. The fourth-order valence-electron chi connectivity index (χ4n) is 10.3. The summed E-state index contributed by atoms with van der Waals surface area (Å²) in [5.74, 6) is 1.72. The van der Waals surface area contributed by atoms with Crippen molar-refractivity contribution in [3.63, 3.8) is 0 Å². The van der Waals surface area contributed by atoms with Crippen molar-refractivity contribution < 1.29 is 30.9 Å². The van der Waals surface area contributed by atoms with Crippen LogP contribution in [0.4, 0.5) is 26.3 Å². The smallest absolute Gasteiger partial charge is 0.227 e. The molecule has 3 fully saturated rings. The first-order chi connectivity index (χ1) is 25.5. The van der Waals surface area contributed by atoms with Crippen molar-refractivity contribution in [2.24, 2.45) is 0 Å². The lowest BCUT2D eigenvalue weighted by atomic mass is 9.72. The molecule has 1 aliphatic heterocycles. The number of alkyl halides is 6. The molecule has 3 saturated carbocycles. The van der Waals surface area contributed by atoms with Crippen LogP contribution in [0.25, 0.3) is 0 Å². The molecule has 1 unspecified atom stereocenters. The third-order valence-electron chi connectivity index (χ3n) is 13.1. The van der Waals surface area contributed by atoms with E-state index in [4.69, 9.17) is 0 Å². The Kier molecular flexibility index (Phi) is 10.3. The van der Waals surface area contributed by atoms with E-state index in [-0.39, 0.29) is 6.04 Å². The van der Waals surface area contributed by atoms with Crippen molar-refractivity contribution in [2.75, 3.05) is 0 Å². The average Bonchev–Trinajstić information content (AvgIpc) is 3.76. The molecule has 0 bridgehead atoms. The summed E-state index contributed by atoms with van der Waals surface area (Å²) in [5.41, 5.74) is 7.03. The minimum absolute atomic E-state index is 0.140. The average molecular weight is 734 g/mol. The quantitative estimate of drug-likeness (QED) is 0.132. The number of rotatable bonds is 7. The van der Waals surface area contributed by atoms with Crippen LogP contribution in [-0.4, -0.2) is 4.57 Å². The lowest BCUT2D eigenvalue weighted by molar-refractivity contribution is -0.704. The van der Waals surface area contributed by atoms with Crippen LogP contribution in [0.15, 0.2) is 73.2 Å². The van der Waals surface area contributed by atoms with Crippen LogP contribution in [0, 0.1) is 0 Å². The number of aryl methyl sites for hydroxylation is 1. The molecule has 282 valence electrons. The first-order valence-corrected chi connectivity index (χ1v) is 20.2. The van der Waals surface area contributed by atoms with Gasteiger partial charge in [0.1, 0.15) is 17.9 Å². The highest BCUT2D eigenvalue weighted by atomic mass is 19.4. The molecule has 1 atom stereocenters. The number of fused-ring (bicyclic) bond motifs is 1. The summed E-state index contributed by atoms with van der Waals surface area (Å²) in [5, 5.41) is 0. The van der Waals surface area contributed by atoms with Gasteiger partial charge in [0.15, 0.2) is 6.04 Å². The Balaban J connectivity index is 1.24. The lowest BCUT2D eigenvalue weighted by Crippen LogP contribution is -2.39. The Bertz CT molecular complexity index is 1750. The van der Waals surface area contributed by atoms with Gasteiger partial charge in [-0.25, -0.2) is 9.13 Å². The van der Waals surface area contributed by atoms with Gasteiger partial charge in [-0.15, -0.1) is 0 Å². The van der Waals surface area contributed by atoms with Gasteiger partial charge in [-0.05, 0) is 97.2 Å². The first kappa shape index (κ1) is 36.4. The number of imidazole rings is 1. The molecule has 3 aliphatic carbocycles. The van der Waals surface area contributed by atoms with Crippen molar-refractivity contribution >= 4 is 0 Å². The largest absolute Gasteiger partial charge is 0.416 e. The van der Waals surface area contributed by atoms with Gasteiger partial charge in [-0.2, -0.15) is 26.3 Å². The van der Waals surface area contributed by atoms with Gasteiger partial charge in [0.05, 0.1) is 11.1 Å². The highest BCUT2D eigenvalue weighted by molar-refractivity contribution is 5.48. The van der Waals surface area contributed by atoms with Gasteiger partial charge in [0.2, 0.25) is 6.33 Å². The minimum atomic E-state index is -4.49. The van der Waals surface area contributed by atoms with Crippen LogP contribution < -0.4 is 4.57 Å². The minimum Gasteiger partial charge on any atom is -0.227 e. The van der Waals surface area contributed by atoms with Gasteiger partial charge in [-0.3, -0.25) is 0 Å². The molecule has 8 heteroatoms. The highest BCUT2D eigenvalue weighted by Crippen LogP contribution is 2.48. The van der Waals surface area contributed by atoms with E-state index in [2.05, 4.69) is 29.2 Å². The SMILES string of the molecule is FC(F)(F)c1ccc(C(c2ccc(C(F)(F)F)cc2)[n+]2cc3n(c2)C(c2c(C4CCCCC4)cc(C4CCCCC4)cc2C2CCCCC2)CC3)cc1. The van der Waals surface area contributed by atoms with Crippen LogP contribution in [0.2, 0.25) is 0 Å². The molecule has 0 spiro atoms. The van der Waals surface area contributed by atoms with E-state index in [0.717, 1.165) is 42.8 Å². The molecule has 0 radical (unpaired) electrons. The van der Waals surface area contributed by atoms with Crippen LogP contribution in [-0.2, 0) is 18.8 Å². The second-order valence-electron chi connectivity index (χ2n) is 16.4. The monoisotopic (exact) mass is 733 g/mol. The van der Waals surface area contributed by atoms with E-state index >= 15 is 0 Å². The van der Waals surface area contributed by atoms with Crippen molar-refractivity contribution in [2.45, 2.75) is 151 Å². The zero-order chi connectivity index (χ0) is 36.7. The van der Waals surface area contributed by atoms with Crippen molar-refractivity contribution in [3.05, 3.63) is 123 Å². The number of nitrogens with zero attached hydrogens (tertiary/aromatic N) is 2. The molecule has 2 heterocycles. The Morgan fingerprint density at radius 2 is 0.981 bits per heavy atom. The molecule has 0 amide bonds. The molecular weight excluding hydrogens is 682 g/mol. The molecule has 1 aromatic heterocycles. The Morgan fingerprint density at radius 3 is 1.42 bits per heavy atom. The van der Waals surface area contributed by atoms with Crippen molar-refractivity contribution in [1.29, 1.82) is 0 Å². The molecular formula is C45H51F6N2+. The second-order valence-corrected chi connectivity index (χ2v) is 16.4. The van der Waals surface area contributed by atoms with Gasteiger partial charge < -0.3 is 0 Å². The van der Waals surface area contributed by atoms with Crippen LogP contribution in [0.1, 0.15) is 183 Å².